The first-order valence-electron chi connectivity index (χ1n) is 6.86. The van der Waals surface area contributed by atoms with Crippen LogP contribution < -0.4 is 10.1 Å². The SMILES string of the molecule is CCn1nnc2cc(C(=O)Nc3ccc(OC)nc3)ccc21. The summed E-state index contributed by atoms with van der Waals surface area (Å²) in [6.07, 6.45) is 1.54. The molecule has 0 bridgehead atoms. The zero-order valence-electron chi connectivity index (χ0n) is 12.3. The maximum absolute atomic E-state index is 12.3. The number of hydrogen-bond acceptors (Lipinski definition) is 5. The Bertz CT molecular complexity index is 810. The molecule has 22 heavy (non-hydrogen) atoms. The Labute approximate surface area is 126 Å². The van der Waals surface area contributed by atoms with Crippen molar-refractivity contribution in [2.75, 3.05) is 12.4 Å². The van der Waals surface area contributed by atoms with Crippen molar-refractivity contribution in [3.63, 3.8) is 0 Å². The van der Waals surface area contributed by atoms with Crippen molar-refractivity contribution in [1.82, 2.24) is 20.0 Å². The largest absolute Gasteiger partial charge is 0.481 e. The number of pyridine rings is 1. The van der Waals surface area contributed by atoms with Crippen molar-refractivity contribution in [2.24, 2.45) is 0 Å². The molecule has 112 valence electrons. The molecule has 1 N–H and O–H groups in total. The fraction of sp³-hybridized carbons (Fsp3) is 0.200. The summed E-state index contributed by atoms with van der Waals surface area (Å²) < 4.78 is 6.76. The van der Waals surface area contributed by atoms with Crippen molar-refractivity contribution >= 4 is 22.6 Å². The molecular weight excluding hydrogens is 282 g/mol. The highest BCUT2D eigenvalue weighted by atomic mass is 16.5. The van der Waals surface area contributed by atoms with E-state index < -0.39 is 0 Å². The molecule has 0 radical (unpaired) electrons. The van der Waals surface area contributed by atoms with Crippen LogP contribution in [0.5, 0.6) is 5.88 Å². The zero-order chi connectivity index (χ0) is 15.5. The van der Waals surface area contributed by atoms with Crippen LogP contribution in [-0.4, -0.2) is 33.0 Å². The Morgan fingerprint density at radius 1 is 1.32 bits per heavy atom. The number of nitrogens with zero attached hydrogens (tertiary/aromatic N) is 4. The minimum atomic E-state index is -0.222. The second kappa shape index (κ2) is 5.80. The minimum Gasteiger partial charge on any atom is -0.481 e. The molecule has 2 heterocycles. The van der Waals surface area contributed by atoms with Crippen LogP contribution in [0.2, 0.25) is 0 Å². The Hall–Kier alpha value is -2.96. The number of ether oxygens (including phenoxy) is 1. The van der Waals surface area contributed by atoms with Gasteiger partial charge in [-0.05, 0) is 31.2 Å². The normalized spacial score (nSPS) is 10.6. The molecule has 2 aromatic heterocycles. The monoisotopic (exact) mass is 297 g/mol. The Morgan fingerprint density at radius 2 is 2.18 bits per heavy atom. The standard InChI is InChI=1S/C15H15N5O2/c1-3-20-13-6-4-10(8-12(13)18-19-20)15(21)17-11-5-7-14(22-2)16-9-11/h4-9H,3H2,1-2H3,(H,17,21). The molecular formula is C15H15N5O2. The molecule has 0 unspecified atom stereocenters. The van der Waals surface area contributed by atoms with E-state index >= 15 is 0 Å². The van der Waals surface area contributed by atoms with Gasteiger partial charge in [-0.3, -0.25) is 4.79 Å². The van der Waals surface area contributed by atoms with Gasteiger partial charge in [-0.1, -0.05) is 5.21 Å². The van der Waals surface area contributed by atoms with Crippen molar-refractivity contribution in [3.8, 4) is 5.88 Å². The van der Waals surface area contributed by atoms with Crippen molar-refractivity contribution < 1.29 is 9.53 Å². The smallest absolute Gasteiger partial charge is 0.255 e. The summed E-state index contributed by atoms with van der Waals surface area (Å²) in [6.45, 7) is 2.73. The quantitative estimate of drug-likeness (QED) is 0.797. The van der Waals surface area contributed by atoms with Crippen LogP contribution in [0.3, 0.4) is 0 Å². The molecule has 3 aromatic rings. The first kappa shape index (κ1) is 14.0. The fourth-order valence-electron chi connectivity index (χ4n) is 2.13. The lowest BCUT2D eigenvalue weighted by molar-refractivity contribution is 0.102. The van der Waals surface area contributed by atoms with Crippen molar-refractivity contribution in [1.29, 1.82) is 0 Å². The van der Waals surface area contributed by atoms with Crippen molar-refractivity contribution in [2.45, 2.75) is 13.5 Å². The molecule has 1 aromatic carbocycles. The van der Waals surface area contributed by atoms with E-state index in [9.17, 15) is 4.79 Å². The number of aryl methyl sites for hydroxylation is 1. The third kappa shape index (κ3) is 2.60. The molecule has 1 amide bonds. The van der Waals surface area contributed by atoms with Gasteiger partial charge in [-0.2, -0.15) is 0 Å². The van der Waals surface area contributed by atoms with Crippen LogP contribution in [0.1, 0.15) is 17.3 Å². The van der Waals surface area contributed by atoms with Crippen LogP contribution >= 0.6 is 0 Å². The highest BCUT2D eigenvalue weighted by molar-refractivity contribution is 6.05. The Balaban J connectivity index is 1.82. The van der Waals surface area contributed by atoms with E-state index in [1.54, 1.807) is 42.3 Å². The van der Waals surface area contributed by atoms with E-state index in [2.05, 4.69) is 20.6 Å². The fourth-order valence-corrected chi connectivity index (χ4v) is 2.13. The van der Waals surface area contributed by atoms with Gasteiger partial charge in [-0.15, -0.1) is 5.10 Å². The lowest BCUT2D eigenvalue weighted by Gasteiger charge is -2.06. The van der Waals surface area contributed by atoms with Gasteiger partial charge in [0.05, 0.1) is 24.5 Å². The van der Waals surface area contributed by atoms with Crippen LogP contribution in [0.25, 0.3) is 11.0 Å². The number of methoxy groups -OCH3 is 1. The molecule has 0 aliphatic carbocycles. The predicted molar refractivity (Wildman–Crippen MR) is 81.9 cm³/mol. The topological polar surface area (TPSA) is 81.9 Å². The van der Waals surface area contributed by atoms with E-state index in [0.717, 1.165) is 12.1 Å². The first-order chi connectivity index (χ1) is 10.7. The molecule has 0 atom stereocenters. The number of hydrogen-bond donors (Lipinski definition) is 1. The number of fused-ring (bicyclic) bond motifs is 1. The molecule has 0 aliphatic rings. The number of carbonyl (C=O) groups excluding carboxylic acids is 1. The van der Waals surface area contributed by atoms with E-state index in [1.807, 2.05) is 13.0 Å². The third-order valence-electron chi connectivity index (χ3n) is 3.28. The number of benzene rings is 1. The zero-order valence-corrected chi connectivity index (χ0v) is 12.3. The van der Waals surface area contributed by atoms with Gasteiger partial charge in [0.25, 0.3) is 5.91 Å². The number of rotatable bonds is 4. The lowest BCUT2D eigenvalue weighted by atomic mass is 10.2. The van der Waals surface area contributed by atoms with Gasteiger partial charge in [0.2, 0.25) is 5.88 Å². The Kier molecular flexibility index (Phi) is 3.69. The number of amides is 1. The van der Waals surface area contributed by atoms with Gasteiger partial charge in [0.15, 0.2) is 0 Å². The number of nitrogens with one attached hydrogen (secondary N) is 1. The van der Waals surface area contributed by atoms with E-state index in [1.165, 1.54) is 0 Å². The summed E-state index contributed by atoms with van der Waals surface area (Å²) in [6, 6.07) is 8.74. The maximum Gasteiger partial charge on any atom is 0.255 e. The van der Waals surface area contributed by atoms with E-state index in [0.29, 0.717) is 22.6 Å². The van der Waals surface area contributed by atoms with Crippen LogP contribution in [-0.2, 0) is 6.54 Å². The van der Waals surface area contributed by atoms with Gasteiger partial charge < -0.3 is 10.1 Å². The van der Waals surface area contributed by atoms with Gasteiger partial charge >= 0.3 is 0 Å². The third-order valence-corrected chi connectivity index (χ3v) is 3.28. The molecule has 0 spiro atoms. The van der Waals surface area contributed by atoms with Gasteiger partial charge in [-0.25, -0.2) is 9.67 Å². The summed E-state index contributed by atoms with van der Waals surface area (Å²) in [7, 11) is 1.54. The van der Waals surface area contributed by atoms with Crippen molar-refractivity contribution in [3.05, 3.63) is 42.1 Å². The number of anilines is 1. The summed E-state index contributed by atoms with van der Waals surface area (Å²) >= 11 is 0. The minimum absolute atomic E-state index is 0.222. The Morgan fingerprint density at radius 3 is 2.86 bits per heavy atom. The molecule has 3 rings (SSSR count). The summed E-state index contributed by atoms with van der Waals surface area (Å²) in [5, 5.41) is 10.9. The lowest BCUT2D eigenvalue weighted by Crippen LogP contribution is -2.12. The molecule has 0 aliphatic heterocycles. The first-order valence-corrected chi connectivity index (χ1v) is 6.86. The second-order valence-electron chi connectivity index (χ2n) is 4.65. The van der Waals surface area contributed by atoms with Crippen LogP contribution in [0, 0.1) is 0 Å². The average molecular weight is 297 g/mol. The predicted octanol–water partition coefficient (Wildman–Crippen LogP) is 2.11. The summed E-state index contributed by atoms with van der Waals surface area (Å²) in [5.74, 6) is 0.274. The highest BCUT2D eigenvalue weighted by Gasteiger charge is 2.10. The number of carbonyl (C=O) groups is 1. The molecule has 0 fully saturated rings. The molecule has 7 nitrogen and oxygen atoms in total. The number of aromatic nitrogens is 4. The molecule has 7 heteroatoms. The van der Waals surface area contributed by atoms with Gasteiger partial charge in [0, 0.05) is 18.2 Å². The second-order valence-corrected chi connectivity index (χ2v) is 4.65. The molecule has 0 saturated heterocycles. The maximum atomic E-state index is 12.3. The van der Waals surface area contributed by atoms with E-state index in [-0.39, 0.29) is 5.91 Å². The van der Waals surface area contributed by atoms with Crippen LogP contribution in [0.4, 0.5) is 5.69 Å². The summed E-state index contributed by atoms with van der Waals surface area (Å²) in [5.41, 5.74) is 2.72. The van der Waals surface area contributed by atoms with Crippen LogP contribution in [0.15, 0.2) is 36.5 Å². The summed E-state index contributed by atoms with van der Waals surface area (Å²) in [4.78, 5) is 16.3. The average Bonchev–Trinajstić information content (AvgIpc) is 2.97. The van der Waals surface area contributed by atoms with Gasteiger partial charge in [0.1, 0.15) is 5.52 Å². The molecule has 0 saturated carbocycles. The highest BCUT2D eigenvalue weighted by Crippen LogP contribution is 2.16. The van der Waals surface area contributed by atoms with E-state index in [4.69, 9.17) is 4.74 Å².